The van der Waals surface area contributed by atoms with E-state index in [0.29, 0.717) is 18.8 Å². The van der Waals surface area contributed by atoms with Crippen LogP contribution in [0.2, 0.25) is 0 Å². The largest absolute Gasteiger partial charge is 0.380 e. The number of sulfone groups is 1. The number of benzene rings is 2. The monoisotopic (exact) mass is 413 g/mol. The first-order valence-corrected chi connectivity index (χ1v) is 10.6. The van der Waals surface area contributed by atoms with Crippen molar-refractivity contribution in [1.82, 2.24) is 4.57 Å². The molecule has 1 N–H and O–H groups in total. The van der Waals surface area contributed by atoms with Gasteiger partial charge in [-0.3, -0.25) is 14.9 Å². The Morgan fingerprint density at radius 1 is 1.03 bits per heavy atom. The van der Waals surface area contributed by atoms with Gasteiger partial charge in [-0.2, -0.15) is 0 Å². The standard InChI is InChI=1S/C20H19N3O5S/c1-29(27,28)19-12-17(23(25)26)9-10-18(19)21-13-15-5-7-16(8-6-15)14-22-11-3-2-4-20(22)24/h2-12,21H,13-14H2,1H3. The van der Waals surface area contributed by atoms with Gasteiger partial charge in [-0.1, -0.05) is 30.3 Å². The van der Waals surface area contributed by atoms with Gasteiger partial charge in [0.05, 0.1) is 22.1 Å². The Bertz CT molecular complexity index is 1200. The quantitative estimate of drug-likeness (QED) is 0.471. The molecule has 29 heavy (non-hydrogen) atoms. The maximum absolute atomic E-state index is 12.0. The van der Waals surface area contributed by atoms with Crippen molar-refractivity contribution in [3.8, 4) is 0 Å². The van der Waals surface area contributed by atoms with Gasteiger partial charge in [0, 0.05) is 37.2 Å². The Labute approximate surface area is 167 Å². The molecule has 0 unspecified atom stereocenters. The summed E-state index contributed by atoms with van der Waals surface area (Å²) >= 11 is 0. The zero-order valence-corrected chi connectivity index (χ0v) is 16.4. The van der Waals surface area contributed by atoms with E-state index in [1.165, 1.54) is 18.2 Å². The van der Waals surface area contributed by atoms with Crippen molar-refractivity contribution in [2.24, 2.45) is 0 Å². The lowest BCUT2D eigenvalue weighted by Crippen LogP contribution is -2.18. The number of hydrogen-bond donors (Lipinski definition) is 1. The highest BCUT2D eigenvalue weighted by Crippen LogP contribution is 2.26. The number of hydrogen-bond acceptors (Lipinski definition) is 6. The summed E-state index contributed by atoms with van der Waals surface area (Å²) in [7, 11) is -3.64. The minimum absolute atomic E-state index is 0.0790. The van der Waals surface area contributed by atoms with Crippen molar-refractivity contribution in [2.45, 2.75) is 18.0 Å². The van der Waals surface area contributed by atoms with Gasteiger partial charge in [0.1, 0.15) is 0 Å². The molecule has 0 fully saturated rings. The third kappa shape index (κ3) is 5.08. The van der Waals surface area contributed by atoms with Crippen LogP contribution in [0.3, 0.4) is 0 Å². The Balaban J connectivity index is 1.74. The highest BCUT2D eigenvalue weighted by molar-refractivity contribution is 7.90. The van der Waals surface area contributed by atoms with Crippen molar-refractivity contribution in [2.75, 3.05) is 11.6 Å². The SMILES string of the molecule is CS(=O)(=O)c1cc([N+](=O)[O-])ccc1NCc1ccc(Cn2ccccc2=O)cc1. The van der Waals surface area contributed by atoms with Gasteiger partial charge in [0.2, 0.25) is 0 Å². The van der Waals surface area contributed by atoms with Crippen molar-refractivity contribution >= 4 is 21.2 Å². The van der Waals surface area contributed by atoms with Crippen molar-refractivity contribution in [3.63, 3.8) is 0 Å². The summed E-state index contributed by atoms with van der Waals surface area (Å²) in [6.07, 6.45) is 2.73. The fraction of sp³-hybridized carbons (Fsp3) is 0.150. The molecule has 3 aromatic rings. The minimum atomic E-state index is -3.64. The predicted octanol–water partition coefficient (Wildman–Crippen LogP) is 2.82. The molecule has 0 saturated heterocycles. The first-order chi connectivity index (χ1) is 13.7. The molecule has 0 radical (unpaired) electrons. The van der Waals surface area contributed by atoms with Gasteiger partial charge in [-0.25, -0.2) is 8.42 Å². The number of anilines is 1. The van der Waals surface area contributed by atoms with Crippen molar-refractivity contribution < 1.29 is 13.3 Å². The molecule has 9 heteroatoms. The molecule has 3 rings (SSSR count). The molecule has 1 heterocycles. The van der Waals surface area contributed by atoms with Crippen LogP contribution in [0.15, 0.2) is 76.6 Å². The van der Waals surface area contributed by atoms with E-state index >= 15 is 0 Å². The average Bonchev–Trinajstić information content (AvgIpc) is 2.68. The average molecular weight is 413 g/mol. The normalized spacial score (nSPS) is 11.2. The second-order valence-corrected chi connectivity index (χ2v) is 8.53. The number of nitrogens with zero attached hydrogens (tertiary/aromatic N) is 2. The molecular formula is C20H19N3O5S. The molecule has 0 bridgehead atoms. The van der Waals surface area contributed by atoms with E-state index < -0.39 is 14.8 Å². The second-order valence-electron chi connectivity index (χ2n) is 6.55. The van der Waals surface area contributed by atoms with Crippen LogP contribution in [0.4, 0.5) is 11.4 Å². The fourth-order valence-corrected chi connectivity index (χ4v) is 3.70. The molecule has 0 amide bonds. The summed E-state index contributed by atoms with van der Waals surface area (Å²) in [5.41, 5.74) is 1.79. The highest BCUT2D eigenvalue weighted by Gasteiger charge is 2.18. The number of pyridine rings is 1. The Hall–Kier alpha value is -3.46. The summed E-state index contributed by atoms with van der Waals surface area (Å²) in [5, 5.41) is 13.9. The summed E-state index contributed by atoms with van der Waals surface area (Å²) in [5.74, 6) is 0. The van der Waals surface area contributed by atoms with Crippen LogP contribution in [0.25, 0.3) is 0 Å². The minimum Gasteiger partial charge on any atom is -0.380 e. The van der Waals surface area contributed by atoms with Crippen molar-refractivity contribution in [1.29, 1.82) is 0 Å². The summed E-state index contributed by atoms with van der Waals surface area (Å²) in [6.45, 7) is 0.792. The van der Waals surface area contributed by atoms with E-state index in [4.69, 9.17) is 0 Å². The predicted molar refractivity (Wildman–Crippen MR) is 110 cm³/mol. The second kappa shape index (κ2) is 8.27. The molecule has 0 saturated carbocycles. The number of aromatic nitrogens is 1. The van der Waals surface area contributed by atoms with Crippen LogP contribution in [0, 0.1) is 10.1 Å². The van der Waals surface area contributed by atoms with Crippen LogP contribution in [0.5, 0.6) is 0 Å². The molecule has 2 aromatic carbocycles. The van der Waals surface area contributed by atoms with Gasteiger partial charge in [0.25, 0.3) is 11.2 Å². The first-order valence-electron chi connectivity index (χ1n) is 8.70. The molecule has 150 valence electrons. The van der Waals surface area contributed by atoms with E-state index in [-0.39, 0.29) is 16.1 Å². The van der Waals surface area contributed by atoms with E-state index in [9.17, 15) is 23.3 Å². The van der Waals surface area contributed by atoms with Crippen molar-refractivity contribution in [3.05, 3.63) is 98.5 Å². The molecule has 0 aliphatic rings. The number of nitro groups is 1. The molecule has 1 aromatic heterocycles. The third-order valence-electron chi connectivity index (χ3n) is 4.33. The van der Waals surface area contributed by atoms with E-state index in [2.05, 4.69) is 5.32 Å². The molecule has 0 atom stereocenters. The van der Waals surface area contributed by atoms with Crippen LogP contribution >= 0.6 is 0 Å². The van der Waals surface area contributed by atoms with E-state index in [1.807, 2.05) is 24.3 Å². The maximum atomic E-state index is 12.0. The van der Waals surface area contributed by atoms with Gasteiger partial charge < -0.3 is 9.88 Å². The van der Waals surface area contributed by atoms with Crippen LogP contribution in [-0.2, 0) is 22.9 Å². The van der Waals surface area contributed by atoms with Gasteiger partial charge in [-0.05, 0) is 23.3 Å². The van der Waals surface area contributed by atoms with Gasteiger partial charge in [-0.15, -0.1) is 0 Å². The molecule has 0 aliphatic carbocycles. The highest BCUT2D eigenvalue weighted by atomic mass is 32.2. The molecule has 0 aliphatic heterocycles. The van der Waals surface area contributed by atoms with Crippen LogP contribution in [-0.4, -0.2) is 24.2 Å². The molecular weight excluding hydrogens is 394 g/mol. The Kier molecular flexibility index (Phi) is 5.79. The van der Waals surface area contributed by atoms with Gasteiger partial charge >= 0.3 is 0 Å². The Morgan fingerprint density at radius 2 is 1.72 bits per heavy atom. The van der Waals surface area contributed by atoms with Gasteiger partial charge in [0.15, 0.2) is 9.84 Å². The molecule has 8 nitrogen and oxygen atoms in total. The van der Waals surface area contributed by atoms with E-state index in [0.717, 1.165) is 23.4 Å². The van der Waals surface area contributed by atoms with E-state index in [1.54, 1.807) is 22.9 Å². The molecule has 0 spiro atoms. The Morgan fingerprint density at radius 3 is 2.34 bits per heavy atom. The smallest absolute Gasteiger partial charge is 0.270 e. The third-order valence-corrected chi connectivity index (χ3v) is 5.47. The topological polar surface area (TPSA) is 111 Å². The number of nitrogens with one attached hydrogen (secondary N) is 1. The van der Waals surface area contributed by atoms with Crippen LogP contribution < -0.4 is 10.9 Å². The zero-order chi connectivity index (χ0) is 21.0. The van der Waals surface area contributed by atoms with Crippen LogP contribution in [0.1, 0.15) is 11.1 Å². The zero-order valence-electron chi connectivity index (χ0n) is 15.6. The summed E-state index contributed by atoms with van der Waals surface area (Å²) in [6, 6.07) is 16.2. The maximum Gasteiger partial charge on any atom is 0.270 e. The lowest BCUT2D eigenvalue weighted by atomic mass is 10.1. The lowest BCUT2D eigenvalue weighted by molar-refractivity contribution is -0.385. The fourth-order valence-electron chi connectivity index (χ4n) is 2.83. The number of nitro benzene ring substituents is 1. The number of rotatable bonds is 7. The lowest BCUT2D eigenvalue weighted by Gasteiger charge is -2.12. The summed E-state index contributed by atoms with van der Waals surface area (Å²) in [4.78, 5) is 22.0. The summed E-state index contributed by atoms with van der Waals surface area (Å²) < 4.78 is 25.6. The number of non-ortho nitro benzene ring substituents is 1. The first kappa shape index (κ1) is 20.3.